The summed E-state index contributed by atoms with van der Waals surface area (Å²) < 4.78 is 1.92. The van der Waals surface area contributed by atoms with Crippen LogP contribution in [0.25, 0.3) is 0 Å². The summed E-state index contributed by atoms with van der Waals surface area (Å²) in [6.45, 7) is 4.00. The van der Waals surface area contributed by atoms with Crippen molar-refractivity contribution in [1.82, 2.24) is 10.6 Å². The Morgan fingerprint density at radius 1 is 1.53 bits per heavy atom. The highest BCUT2D eigenvalue weighted by molar-refractivity contribution is 9.13. The maximum Gasteiger partial charge on any atom is 0.257 e. The first-order valence-electron chi connectivity index (χ1n) is 5.07. The number of nitrogens with one attached hydrogen (secondary N) is 2. The average molecular weight is 381 g/mol. The van der Waals surface area contributed by atoms with Gasteiger partial charge in [-0.25, -0.2) is 4.99 Å². The Balaban J connectivity index is 2.21. The van der Waals surface area contributed by atoms with E-state index in [0.29, 0.717) is 5.96 Å². The number of rotatable bonds is 2. The summed E-state index contributed by atoms with van der Waals surface area (Å²) in [5.74, 6) is 0.463. The molecule has 1 aromatic heterocycles. The summed E-state index contributed by atoms with van der Waals surface area (Å²) in [6.07, 6.45) is 0. The number of carbonyl (C=O) groups is 1. The van der Waals surface area contributed by atoms with Crippen LogP contribution in [0.3, 0.4) is 0 Å². The Hall–Kier alpha value is -0.400. The Morgan fingerprint density at radius 2 is 2.24 bits per heavy atom. The van der Waals surface area contributed by atoms with E-state index in [0.717, 1.165) is 13.1 Å². The summed E-state index contributed by atoms with van der Waals surface area (Å²) in [6, 6.07) is 1.72. The van der Waals surface area contributed by atoms with Gasteiger partial charge in [0.15, 0.2) is 12.0 Å². The second kappa shape index (κ2) is 5.07. The normalized spacial score (nSPS) is 19.5. The molecule has 0 spiro atoms. The van der Waals surface area contributed by atoms with Crippen LogP contribution >= 0.6 is 43.2 Å². The Kier molecular flexibility index (Phi) is 3.89. The number of hydrogen-bond acceptors (Lipinski definition) is 4. The molecule has 0 saturated carbocycles. The number of carbonyl (C=O) groups excluding carboxylic acids is 1. The molecule has 0 aromatic carbocycles. The van der Waals surface area contributed by atoms with Gasteiger partial charge in [-0.2, -0.15) is 0 Å². The fourth-order valence-corrected chi connectivity index (χ4v) is 3.57. The maximum atomic E-state index is 11.8. The van der Waals surface area contributed by atoms with Gasteiger partial charge in [-0.15, -0.1) is 11.3 Å². The molecule has 0 saturated heterocycles. The zero-order chi connectivity index (χ0) is 12.6. The predicted octanol–water partition coefficient (Wildman–Crippen LogP) is 2.80. The van der Waals surface area contributed by atoms with Crippen molar-refractivity contribution in [2.75, 3.05) is 0 Å². The number of nitrogens with zero attached hydrogens (tertiary/aromatic N) is 1. The molecule has 1 amide bonds. The van der Waals surface area contributed by atoms with E-state index in [1.807, 2.05) is 19.9 Å². The van der Waals surface area contributed by atoms with E-state index in [9.17, 15) is 4.79 Å². The smallest absolute Gasteiger partial charge is 0.257 e. The van der Waals surface area contributed by atoms with Crippen LogP contribution in [0.4, 0.5) is 0 Å². The molecule has 1 aliphatic rings. The van der Waals surface area contributed by atoms with E-state index < -0.39 is 6.04 Å². The number of hydrogen-bond donors (Lipinski definition) is 2. The van der Waals surface area contributed by atoms with Gasteiger partial charge in [-0.3, -0.25) is 10.1 Å². The standard InChI is InChI=1S/C10H11Br2N3OS/c1-4(2)13-10-14-7(9(16)15-10)6-3-5(11)8(12)17-6/h3-4,7H,1-2H3,(H2,13,14,15,16). The van der Waals surface area contributed by atoms with Gasteiger partial charge in [-0.1, -0.05) is 0 Å². The second-order valence-electron chi connectivity index (χ2n) is 3.94. The minimum Gasteiger partial charge on any atom is -0.354 e. The molecule has 2 heterocycles. The third kappa shape index (κ3) is 2.89. The molecule has 92 valence electrons. The van der Waals surface area contributed by atoms with Gasteiger partial charge in [0.1, 0.15) is 0 Å². The van der Waals surface area contributed by atoms with E-state index in [2.05, 4.69) is 47.5 Å². The third-order valence-corrected chi connectivity index (χ3v) is 5.42. The topological polar surface area (TPSA) is 53.5 Å². The summed E-state index contributed by atoms with van der Waals surface area (Å²) >= 11 is 8.33. The molecule has 4 nitrogen and oxygen atoms in total. The van der Waals surface area contributed by atoms with Gasteiger partial charge >= 0.3 is 0 Å². The molecule has 1 aromatic rings. The SMILES string of the molecule is CC(C)NC1=NC(c2cc(Br)c(Br)s2)C(=O)N1. The van der Waals surface area contributed by atoms with Crippen LogP contribution in [0.2, 0.25) is 0 Å². The van der Waals surface area contributed by atoms with Crippen molar-refractivity contribution < 1.29 is 4.79 Å². The highest BCUT2D eigenvalue weighted by Gasteiger charge is 2.29. The van der Waals surface area contributed by atoms with Crippen LogP contribution in [0.1, 0.15) is 24.8 Å². The van der Waals surface area contributed by atoms with Crippen molar-refractivity contribution in [3.05, 3.63) is 19.2 Å². The van der Waals surface area contributed by atoms with Crippen molar-refractivity contribution in [3.8, 4) is 0 Å². The fraction of sp³-hybridized carbons (Fsp3) is 0.400. The number of thiophene rings is 1. The lowest BCUT2D eigenvalue weighted by Crippen LogP contribution is -2.40. The first-order valence-corrected chi connectivity index (χ1v) is 7.47. The first kappa shape index (κ1) is 13.0. The van der Waals surface area contributed by atoms with E-state index in [1.54, 1.807) is 0 Å². The van der Waals surface area contributed by atoms with Crippen LogP contribution in [0.15, 0.2) is 19.3 Å². The second-order valence-corrected chi connectivity index (χ2v) is 7.19. The van der Waals surface area contributed by atoms with E-state index in [4.69, 9.17) is 0 Å². The highest BCUT2D eigenvalue weighted by Crippen LogP contribution is 2.37. The lowest BCUT2D eigenvalue weighted by atomic mass is 10.2. The quantitative estimate of drug-likeness (QED) is 0.828. The van der Waals surface area contributed by atoms with Crippen LogP contribution in [0, 0.1) is 0 Å². The van der Waals surface area contributed by atoms with Crippen molar-refractivity contribution in [1.29, 1.82) is 0 Å². The Bertz CT molecular complexity index is 464. The summed E-state index contributed by atoms with van der Waals surface area (Å²) in [7, 11) is 0. The van der Waals surface area contributed by atoms with E-state index in [-0.39, 0.29) is 11.9 Å². The predicted molar refractivity (Wildman–Crippen MR) is 76.3 cm³/mol. The monoisotopic (exact) mass is 379 g/mol. The van der Waals surface area contributed by atoms with Gasteiger partial charge in [0, 0.05) is 15.4 Å². The lowest BCUT2D eigenvalue weighted by Gasteiger charge is -2.07. The minimum atomic E-state index is -0.441. The average Bonchev–Trinajstić information content (AvgIpc) is 2.71. The van der Waals surface area contributed by atoms with Crippen molar-refractivity contribution in [2.24, 2.45) is 4.99 Å². The molecule has 2 N–H and O–H groups in total. The lowest BCUT2D eigenvalue weighted by molar-refractivity contribution is -0.120. The molecule has 0 bridgehead atoms. The van der Waals surface area contributed by atoms with Crippen LogP contribution in [-0.2, 0) is 4.79 Å². The van der Waals surface area contributed by atoms with Gasteiger partial charge < -0.3 is 5.32 Å². The number of aliphatic imine (C=N–C) groups is 1. The number of amides is 1. The molecule has 2 rings (SSSR count). The minimum absolute atomic E-state index is 0.0885. The van der Waals surface area contributed by atoms with Crippen LogP contribution in [0.5, 0.6) is 0 Å². The zero-order valence-electron chi connectivity index (χ0n) is 9.25. The number of guanidine groups is 1. The molecule has 17 heavy (non-hydrogen) atoms. The van der Waals surface area contributed by atoms with E-state index >= 15 is 0 Å². The molecule has 7 heteroatoms. The summed E-state index contributed by atoms with van der Waals surface area (Å²) in [4.78, 5) is 17.1. The molecule has 0 fully saturated rings. The third-order valence-electron chi connectivity index (χ3n) is 2.11. The van der Waals surface area contributed by atoms with Crippen LogP contribution in [-0.4, -0.2) is 17.9 Å². The highest BCUT2D eigenvalue weighted by atomic mass is 79.9. The molecule has 1 atom stereocenters. The summed E-state index contributed by atoms with van der Waals surface area (Å²) in [5, 5.41) is 5.83. The van der Waals surface area contributed by atoms with Crippen molar-refractivity contribution in [3.63, 3.8) is 0 Å². The Labute approximate surface area is 120 Å². The summed E-state index contributed by atoms with van der Waals surface area (Å²) in [5.41, 5.74) is 0. The van der Waals surface area contributed by atoms with Gasteiger partial charge in [-0.05, 0) is 51.8 Å². The van der Waals surface area contributed by atoms with Gasteiger partial charge in [0.05, 0.1) is 3.79 Å². The first-order chi connectivity index (χ1) is 7.97. The van der Waals surface area contributed by atoms with Gasteiger partial charge in [0.25, 0.3) is 5.91 Å². The largest absolute Gasteiger partial charge is 0.354 e. The van der Waals surface area contributed by atoms with Crippen LogP contribution < -0.4 is 10.6 Å². The molecular weight excluding hydrogens is 370 g/mol. The molecule has 0 aliphatic carbocycles. The van der Waals surface area contributed by atoms with Crippen molar-refractivity contribution in [2.45, 2.75) is 25.9 Å². The maximum absolute atomic E-state index is 11.8. The molecule has 1 unspecified atom stereocenters. The molecule has 0 radical (unpaired) electrons. The van der Waals surface area contributed by atoms with Gasteiger partial charge in [0.2, 0.25) is 0 Å². The molecule has 1 aliphatic heterocycles. The van der Waals surface area contributed by atoms with E-state index in [1.165, 1.54) is 11.3 Å². The zero-order valence-corrected chi connectivity index (χ0v) is 13.2. The number of halogens is 2. The van der Waals surface area contributed by atoms with Crippen molar-refractivity contribution >= 4 is 55.1 Å². The fourth-order valence-electron chi connectivity index (χ4n) is 1.44. The Morgan fingerprint density at radius 3 is 2.76 bits per heavy atom. The molecular formula is C10H11Br2N3OS.